The second kappa shape index (κ2) is 5.29. The Kier molecular flexibility index (Phi) is 3.49. The van der Waals surface area contributed by atoms with Crippen molar-refractivity contribution in [3.05, 3.63) is 35.8 Å². The lowest BCUT2D eigenvalue weighted by molar-refractivity contribution is 0.293. The Bertz CT molecular complexity index is 668. The summed E-state index contributed by atoms with van der Waals surface area (Å²) < 4.78 is 11.3. The topological polar surface area (TPSA) is 44.2 Å². The molecule has 1 saturated carbocycles. The van der Waals surface area contributed by atoms with E-state index < -0.39 is 0 Å². The molecule has 0 unspecified atom stereocenters. The van der Waals surface area contributed by atoms with Gasteiger partial charge >= 0.3 is 0 Å². The summed E-state index contributed by atoms with van der Waals surface area (Å²) in [4.78, 5) is 8.49. The lowest BCUT2D eigenvalue weighted by Gasteiger charge is -2.13. The molecular formula is C15H15ClN2O2. The average Bonchev–Trinajstić information content (AvgIpc) is 3.23. The maximum Gasteiger partial charge on any atom is 0.223 e. The predicted octanol–water partition coefficient (Wildman–Crippen LogP) is 3.83. The molecule has 2 aromatic rings. The van der Waals surface area contributed by atoms with Gasteiger partial charge in [-0.25, -0.2) is 9.97 Å². The quantitative estimate of drug-likeness (QED) is 0.620. The van der Waals surface area contributed by atoms with Crippen LogP contribution < -0.4 is 4.74 Å². The average molecular weight is 291 g/mol. The van der Waals surface area contributed by atoms with Crippen LogP contribution in [-0.2, 0) is 4.74 Å². The maximum atomic E-state index is 6.00. The van der Waals surface area contributed by atoms with Gasteiger partial charge in [-0.1, -0.05) is 18.2 Å². The standard InChI is InChI=1S/C15H15ClN2O2/c1-3-19-9(2)12-7-18-15(20-10-4-5-10)13-8-17-14(16)6-11(12)13/h6-8,10H,2-5H2,1H3. The first kappa shape index (κ1) is 13.2. The minimum absolute atomic E-state index is 0.280. The number of aromatic nitrogens is 2. The monoisotopic (exact) mass is 290 g/mol. The number of ether oxygens (including phenoxy) is 2. The molecule has 0 aromatic carbocycles. The van der Waals surface area contributed by atoms with Crippen LogP contribution in [0.5, 0.6) is 5.88 Å². The predicted molar refractivity (Wildman–Crippen MR) is 78.9 cm³/mol. The van der Waals surface area contributed by atoms with Crippen molar-refractivity contribution in [2.45, 2.75) is 25.9 Å². The summed E-state index contributed by atoms with van der Waals surface area (Å²) in [7, 11) is 0. The molecule has 104 valence electrons. The van der Waals surface area contributed by atoms with Gasteiger partial charge in [0.2, 0.25) is 5.88 Å². The van der Waals surface area contributed by atoms with Gasteiger partial charge in [0.1, 0.15) is 17.0 Å². The molecule has 2 aromatic heterocycles. The Hall–Kier alpha value is -1.81. The first-order valence-electron chi connectivity index (χ1n) is 6.62. The smallest absolute Gasteiger partial charge is 0.223 e. The van der Waals surface area contributed by atoms with Crippen molar-refractivity contribution in [2.75, 3.05) is 6.61 Å². The van der Waals surface area contributed by atoms with Gasteiger partial charge < -0.3 is 9.47 Å². The number of pyridine rings is 2. The third-order valence-corrected chi connectivity index (χ3v) is 3.33. The Labute approximate surface area is 122 Å². The van der Waals surface area contributed by atoms with E-state index in [1.807, 2.05) is 6.92 Å². The zero-order valence-corrected chi connectivity index (χ0v) is 12.0. The molecular weight excluding hydrogens is 276 g/mol. The third-order valence-electron chi connectivity index (χ3n) is 3.12. The first-order valence-corrected chi connectivity index (χ1v) is 7.00. The van der Waals surface area contributed by atoms with E-state index in [4.69, 9.17) is 21.1 Å². The summed E-state index contributed by atoms with van der Waals surface area (Å²) in [5.41, 5.74) is 0.814. The van der Waals surface area contributed by atoms with Crippen LogP contribution in [0.2, 0.25) is 5.15 Å². The molecule has 0 saturated heterocycles. The molecule has 1 aliphatic rings. The third kappa shape index (κ3) is 2.56. The summed E-state index contributed by atoms with van der Waals surface area (Å²) in [6, 6.07) is 1.79. The molecule has 0 atom stereocenters. The molecule has 0 amide bonds. The minimum atomic E-state index is 0.280. The fourth-order valence-electron chi connectivity index (χ4n) is 2.00. The fourth-order valence-corrected chi connectivity index (χ4v) is 2.16. The largest absolute Gasteiger partial charge is 0.494 e. The Morgan fingerprint density at radius 2 is 2.15 bits per heavy atom. The molecule has 5 heteroatoms. The van der Waals surface area contributed by atoms with Crippen LogP contribution in [0.4, 0.5) is 0 Å². The molecule has 0 spiro atoms. The summed E-state index contributed by atoms with van der Waals surface area (Å²) in [6.07, 6.45) is 5.84. The van der Waals surface area contributed by atoms with Crippen molar-refractivity contribution in [3.8, 4) is 5.88 Å². The van der Waals surface area contributed by atoms with E-state index in [0.29, 0.717) is 23.4 Å². The molecule has 1 aliphatic carbocycles. The van der Waals surface area contributed by atoms with Gasteiger partial charge in [-0.3, -0.25) is 0 Å². The van der Waals surface area contributed by atoms with Crippen molar-refractivity contribution < 1.29 is 9.47 Å². The molecule has 0 radical (unpaired) electrons. The number of hydrogen-bond donors (Lipinski definition) is 0. The summed E-state index contributed by atoms with van der Waals surface area (Å²) >= 11 is 6.00. The zero-order valence-electron chi connectivity index (χ0n) is 11.2. The van der Waals surface area contributed by atoms with Crippen molar-refractivity contribution >= 4 is 28.1 Å². The van der Waals surface area contributed by atoms with Crippen molar-refractivity contribution in [1.82, 2.24) is 9.97 Å². The number of halogens is 1. The first-order chi connectivity index (χ1) is 9.69. The fraction of sp³-hybridized carbons (Fsp3) is 0.333. The number of rotatable bonds is 5. The highest BCUT2D eigenvalue weighted by molar-refractivity contribution is 6.30. The van der Waals surface area contributed by atoms with E-state index in [-0.39, 0.29) is 6.10 Å². The van der Waals surface area contributed by atoms with Crippen LogP contribution >= 0.6 is 11.6 Å². The van der Waals surface area contributed by atoms with Gasteiger partial charge in [-0.15, -0.1) is 0 Å². The molecule has 0 aliphatic heterocycles. The minimum Gasteiger partial charge on any atom is -0.494 e. The van der Waals surface area contributed by atoms with Crippen molar-refractivity contribution in [2.24, 2.45) is 0 Å². The van der Waals surface area contributed by atoms with Gasteiger partial charge in [0.15, 0.2) is 0 Å². The normalized spacial score (nSPS) is 14.3. The van der Waals surface area contributed by atoms with E-state index in [1.165, 1.54) is 0 Å². The molecule has 3 rings (SSSR count). The molecule has 20 heavy (non-hydrogen) atoms. The van der Waals surface area contributed by atoms with Crippen LogP contribution in [0.15, 0.2) is 25.0 Å². The van der Waals surface area contributed by atoms with E-state index >= 15 is 0 Å². The van der Waals surface area contributed by atoms with Crippen LogP contribution in [0.1, 0.15) is 25.3 Å². The van der Waals surface area contributed by atoms with Crippen LogP contribution in [0.3, 0.4) is 0 Å². The van der Waals surface area contributed by atoms with E-state index in [2.05, 4.69) is 16.5 Å². The lowest BCUT2D eigenvalue weighted by atomic mass is 10.1. The van der Waals surface area contributed by atoms with Crippen LogP contribution in [-0.4, -0.2) is 22.7 Å². The zero-order chi connectivity index (χ0) is 14.1. The highest BCUT2D eigenvalue weighted by atomic mass is 35.5. The van der Waals surface area contributed by atoms with Gasteiger partial charge in [0.05, 0.1) is 12.0 Å². The molecule has 4 nitrogen and oxygen atoms in total. The SMILES string of the molecule is C=C(OCC)c1cnc(OC2CC2)c2cnc(Cl)cc12. The van der Waals surface area contributed by atoms with Gasteiger partial charge in [0.25, 0.3) is 0 Å². The van der Waals surface area contributed by atoms with Crippen LogP contribution in [0.25, 0.3) is 16.5 Å². The molecule has 2 heterocycles. The Morgan fingerprint density at radius 3 is 2.85 bits per heavy atom. The molecule has 1 fully saturated rings. The van der Waals surface area contributed by atoms with Crippen molar-refractivity contribution in [3.63, 3.8) is 0 Å². The number of nitrogens with zero attached hydrogens (tertiary/aromatic N) is 2. The maximum absolute atomic E-state index is 6.00. The van der Waals surface area contributed by atoms with Gasteiger partial charge in [-0.2, -0.15) is 0 Å². The lowest BCUT2D eigenvalue weighted by Crippen LogP contribution is -2.01. The highest BCUT2D eigenvalue weighted by Crippen LogP contribution is 2.34. The molecule has 0 N–H and O–H groups in total. The van der Waals surface area contributed by atoms with E-state index in [9.17, 15) is 0 Å². The highest BCUT2D eigenvalue weighted by Gasteiger charge is 2.25. The van der Waals surface area contributed by atoms with E-state index in [0.717, 1.165) is 29.2 Å². The summed E-state index contributed by atoms with van der Waals surface area (Å²) in [5.74, 6) is 1.17. The number of hydrogen-bond acceptors (Lipinski definition) is 4. The summed E-state index contributed by atoms with van der Waals surface area (Å²) in [5, 5.41) is 2.15. The van der Waals surface area contributed by atoms with Crippen LogP contribution in [0, 0.1) is 0 Å². The van der Waals surface area contributed by atoms with Crippen molar-refractivity contribution in [1.29, 1.82) is 0 Å². The second-order valence-electron chi connectivity index (χ2n) is 4.70. The molecule has 0 bridgehead atoms. The van der Waals surface area contributed by atoms with Gasteiger partial charge in [-0.05, 0) is 25.8 Å². The number of fused-ring (bicyclic) bond motifs is 1. The Balaban J connectivity index is 2.11. The van der Waals surface area contributed by atoms with Gasteiger partial charge in [0, 0.05) is 23.3 Å². The summed E-state index contributed by atoms with van der Waals surface area (Å²) in [6.45, 7) is 6.40. The Morgan fingerprint density at radius 1 is 1.35 bits per heavy atom. The van der Waals surface area contributed by atoms with E-state index in [1.54, 1.807) is 18.5 Å². The second-order valence-corrected chi connectivity index (χ2v) is 5.09.